The summed E-state index contributed by atoms with van der Waals surface area (Å²) >= 11 is 0. The second-order valence-electron chi connectivity index (χ2n) is 8.63. The van der Waals surface area contributed by atoms with Gasteiger partial charge in [-0.05, 0) is 49.6 Å². The number of hydrogen-bond acceptors (Lipinski definition) is 4. The van der Waals surface area contributed by atoms with Crippen molar-refractivity contribution in [3.05, 3.63) is 53.4 Å². The lowest BCUT2D eigenvalue weighted by molar-refractivity contribution is -0.133. The number of piperidine rings is 2. The van der Waals surface area contributed by atoms with Crippen LogP contribution in [-0.2, 0) is 11.2 Å². The number of rotatable bonds is 4. The molecule has 1 spiro atoms. The Bertz CT molecular complexity index is 793. The highest BCUT2D eigenvalue weighted by Gasteiger charge is 2.42. The molecule has 0 aliphatic carbocycles. The van der Waals surface area contributed by atoms with Crippen LogP contribution in [0.2, 0.25) is 0 Å². The third kappa shape index (κ3) is 4.14. The Kier molecular flexibility index (Phi) is 5.54. The van der Waals surface area contributed by atoms with E-state index in [-0.39, 0.29) is 5.91 Å². The fourth-order valence-corrected chi connectivity index (χ4v) is 5.04. The van der Waals surface area contributed by atoms with E-state index in [0.29, 0.717) is 23.5 Å². The molecule has 150 valence electrons. The molecular formula is C23H31N3O2. The highest BCUT2D eigenvalue weighted by Crippen LogP contribution is 2.45. The molecule has 1 aromatic carbocycles. The van der Waals surface area contributed by atoms with E-state index in [2.05, 4.69) is 47.3 Å². The fraction of sp³-hybridized carbons (Fsp3) is 0.565. The number of aromatic nitrogens is 1. The molecule has 1 amide bonds. The van der Waals surface area contributed by atoms with Crippen LogP contribution in [-0.4, -0.2) is 53.6 Å². The summed E-state index contributed by atoms with van der Waals surface area (Å²) in [5, 5.41) is 3.89. The Labute approximate surface area is 167 Å². The zero-order valence-electron chi connectivity index (χ0n) is 17.1. The first-order valence-corrected chi connectivity index (χ1v) is 10.5. The Balaban J connectivity index is 1.40. The molecule has 0 unspecified atom stereocenters. The van der Waals surface area contributed by atoms with Gasteiger partial charge in [0, 0.05) is 32.2 Å². The average molecular weight is 382 g/mol. The monoisotopic (exact) mass is 381 g/mol. The van der Waals surface area contributed by atoms with E-state index in [1.165, 1.54) is 12.0 Å². The average Bonchev–Trinajstić information content (AvgIpc) is 3.13. The summed E-state index contributed by atoms with van der Waals surface area (Å²) in [6.07, 6.45) is 3.74. The minimum absolute atomic E-state index is 0.161. The fourth-order valence-electron chi connectivity index (χ4n) is 5.04. The van der Waals surface area contributed by atoms with Crippen molar-refractivity contribution in [1.29, 1.82) is 0 Å². The molecule has 2 aromatic rings. The lowest BCUT2D eigenvalue weighted by Crippen LogP contribution is -2.52. The second-order valence-corrected chi connectivity index (χ2v) is 8.63. The van der Waals surface area contributed by atoms with Gasteiger partial charge in [-0.25, -0.2) is 0 Å². The Morgan fingerprint density at radius 2 is 2.00 bits per heavy atom. The van der Waals surface area contributed by atoms with Gasteiger partial charge in [0.15, 0.2) is 0 Å². The second kappa shape index (κ2) is 8.08. The molecule has 1 aromatic heterocycles. The van der Waals surface area contributed by atoms with E-state index < -0.39 is 0 Å². The lowest BCUT2D eigenvalue weighted by Gasteiger charge is -2.50. The zero-order valence-corrected chi connectivity index (χ0v) is 17.1. The smallest absolute Gasteiger partial charge is 0.230 e. The molecule has 5 nitrogen and oxygen atoms in total. The Morgan fingerprint density at radius 3 is 2.64 bits per heavy atom. The quantitative estimate of drug-likeness (QED) is 0.811. The predicted molar refractivity (Wildman–Crippen MR) is 109 cm³/mol. The molecule has 0 N–H and O–H groups in total. The van der Waals surface area contributed by atoms with Crippen molar-refractivity contribution in [2.75, 3.05) is 32.7 Å². The topological polar surface area (TPSA) is 49.6 Å². The molecule has 0 saturated carbocycles. The molecule has 4 rings (SSSR count). The normalized spacial score (nSPS) is 22.5. The minimum Gasteiger partial charge on any atom is -0.361 e. The van der Waals surface area contributed by atoms with Gasteiger partial charge in [0.1, 0.15) is 5.76 Å². The number of aryl methyl sites for hydroxylation is 1. The molecule has 2 fully saturated rings. The van der Waals surface area contributed by atoms with Gasteiger partial charge in [-0.1, -0.05) is 42.4 Å². The molecule has 2 saturated heterocycles. The summed E-state index contributed by atoms with van der Waals surface area (Å²) in [6.45, 7) is 9.26. The van der Waals surface area contributed by atoms with Crippen LogP contribution in [0.15, 0.2) is 40.9 Å². The number of carbonyl (C=O) groups is 1. The van der Waals surface area contributed by atoms with Crippen LogP contribution in [0.1, 0.15) is 49.1 Å². The molecule has 28 heavy (non-hydrogen) atoms. The standard InChI is InChI=1S/C23H31N3O2/c1-3-25-16-20(19-7-5-4-6-8-19)15-23(17-25)9-11-26(12-10-23)22(27)14-21-13-18(2)24-28-21/h4-8,13,20H,3,9-12,14-17H2,1-2H3/t20-/m0/s1. The Morgan fingerprint density at radius 1 is 1.25 bits per heavy atom. The van der Waals surface area contributed by atoms with Crippen LogP contribution in [0, 0.1) is 12.3 Å². The molecular weight excluding hydrogens is 350 g/mol. The summed E-state index contributed by atoms with van der Waals surface area (Å²) < 4.78 is 5.22. The predicted octanol–water partition coefficient (Wildman–Crippen LogP) is 3.64. The van der Waals surface area contributed by atoms with E-state index in [9.17, 15) is 4.79 Å². The summed E-state index contributed by atoms with van der Waals surface area (Å²) in [4.78, 5) is 17.3. The van der Waals surface area contributed by atoms with E-state index in [4.69, 9.17) is 4.52 Å². The number of benzene rings is 1. The first-order chi connectivity index (χ1) is 13.6. The first kappa shape index (κ1) is 19.2. The van der Waals surface area contributed by atoms with Crippen LogP contribution in [0.4, 0.5) is 0 Å². The summed E-state index contributed by atoms with van der Waals surface area (Å²) in [6, 6.07) is 12.8. The summed E-state index contributed by atoms with van der Waals surface area (Å²) in [5.41, 5.74) is 2.61. The van der Waals surface area contributed by atoms with Gasteiger partial charge in [0.05, 0.1) is 12.1 Å². The van der Waals surface area contributed by atoms with Crippen molar-refractivity contribution in [1.82, 2.24) is 15.0 Å². The molecule has 0 bridgehead atoms. The zero-order chi connectivity index (χ0) is 19.6. The van der Waals surface area contributed by atoms with Crippen LogP contribution in [0.5, 0.6) is 0 Å². The molecule has 1 atom stereocenters. The van der Waals surface area contributed by atoms with Crippen molar-refractivity contribution in [2.24, 2.45) is 5.41 Å². The van der Waals surface area contributed by atoms with Gasteiger partial charge in [-0.2, -0.15) is 0 Å². The van der Waals surface area contributed by atoms with Gasteiger partial charge in [-0.3, -0.25) is 4.79 Å². The van der Waals surface area contributed by atoms with Gasteiger partial charge < -0.3 is 14.3 Å². The highest BCUT2D eigenvalue weighted by atomic mass is 16.5. The molecule has 2 aliphatic heterocycles. The maximum Gasteiger partial charge on any atom is 0.230 e. The van der Waals surface area contributed by atoms with E-state index in [1.807, 2.05) is 17.9 Å². The SMILES string of the molecule is CCN1C[C@@H](c2ccccc2)CC2(CCN(C(=O)Cc3cc(C)no3)CC2)C1. The lowest BCUT2D eigenvalue weighted by atomic mass is 9.68. The third-order valence-electron chi connectivity index (χ3n) is 6.61. The van der Waals surface area contributed by atoms with Crippen molar-refractivity contribution >= 4 is 5.91 Å². The maximum absolute atomic E-state index is 12.7. The first-order valence-electron chi connectivity index (χ1n) is 10.5. The molecule has 3 heterocycles. The number of amides is 1. The van der Waals surface area contributed by atoms with Crippen LogP contribution >= 0.6 is 0 Å². The number of hydrogen-bond donors (Lipinski definition) is 0. The molecule has 5 heteroatoms. The number of carbonyl (C=O) groups excluding carboxylic acids is 1. The van der Waals surface area contributed by atoms with Gasteiger partial charge >= 0.3 is 0 Å². The van der Waals surface area contributed by atoms with Crippen LogP contribution in [0.3, 0.4) is 0 Å². The third-order valence-corrected chi connectivity index (χ3v) is 6.61. The Hall–Kier alpha value is -2.14. The van der Waals surface area contributed by atoms with Crippen molar-refractivity contribution < 1.29 is 9.32 Å². The number of likely N-dealkylation sites (N-methyl/N-ethyl adjacent to an activating group) is 1. The van der Waals surface area contributed by atoms with E-state index >= 15 is 0 Å². The molecule has 2 aliphatic rings. The van der Waals surface area contributed by atoms with Gasteiger partial charge in [0.25, 0.3) is 0 Å². The maximum atomic E-state index is 12.7. The van der Waals surface area contributed by atoms with Gasteiger partial charge in [-0.15, -0.1) is 0 Å². The van der Waals surface area contributed by atoms with E-state index in [1.54, 1.807) is 0 Å². The van der Waals surface area contributed by atoms with Gasteiger partial charge in [0.2, 0.25) is 5.91 Å². The van der Waals surface area contributed by atoms with Crippen LogP contribution in [0.25, 0.3) is 0 Å². The largest absolute Gasteiger partial charge is 0.361 e. The van der Waals surface area contributed by atoms with Crippen molar-refractivity contribution in [2.45, 2.75) is 45.4 Å². The van der Waals surface area contributed by atoms with Crippen molar-refractivity contribution in [3.63, 3.8) is 0 Å². The van der Waals surface area contributed by atoms with E-state index in [0.717, 1.165) is 51.3 Å². The summed E-state index contributed by atoms with van der Waals surface area (Å²) in [7, 11) is 0. The minimum atomic E-state index is 0.161. The van der Waals surface area contributed by atoms with Crippen LogP contribution < -0.4 is 0 Å². The number of likely N-dealkylation sites (tertiary alicyclic amines) is 2. The van der Waals surface area contributed by atoms with Crippen molar-refractivity contribution in [3.8, 4) is 0 Å². The molecule has 0 radical (unpaired) electrons. The number of nitrogens with zero attached hydrogens (tertiary/aromatic N) is 3. The highest BCUT2D eigenvalue weighted by molar-refractivity contribution is 5.78. The summed E-state index contributed by atoms with van der Waals surface area (Å²) in [5.74, 6) is 1.42.